The lowest BCUT2D eigenvalue weighted by atomic mass is 9.67. The van der Waals surface area contributed by atoms with Gasteiger partial charge in [0.05, 0.1) is 13.2 Å². The van der Waals surface area contributed by atoms with E-state index >= 15 is 0 Å². The predicted molar refractivity (Wildman–Crippen MR) is 105 cm³/mol. The Morgan fingerprint density at radius 3 is 1.96 bits per heavy atom. The molecule has 0 N–H and O–H groups in total. The van der Waals surface area contributed by atoms with Crippen molar-refractivity contribution < 1.29 is 19.1 Å². The van der Waals surface area contributed by atoms with Crippen LogP contribution in [0.1, 0.15) is 79.6 Å². The van der Waals surface area contributed by atoms with Gasteiger partial charge >= 0.3 is 11.9 Å². The molecule has 0 atom stereocenters. The minimum Gasteiger partial charge on any atom is -0.465 e. The fraction of sp³-hybridized carbons (Fsp3) is 0.727. The molecule has 1 fully saturated rings. The van der Waals surface area contributed by atoms with Crippen LogP contribution in [0.2, 0.25) is 0 Å². The van der Waals surface area contributed by atoms with Gasteiger partial charge in [0, 0.05) is 0 Å². The van der Waals surface area contributed by atoms with E-state index in [0.717, 1.165) is 50.5 Å². The minimum atomic E-state index is -1.30. The molecule has 0 saturated heterocycles. The van der Waals surface area contributed by atoms with E-state index < -0.39 is 17.4 Å². The molecular formula is C22H36O4. The number of carbonyl (C=O) groups is 2. The largest absolute Gasteiger partial charge is 0.465 e. The number of rotatable bonds is 9. The zero-order chi connectivity index (χ0) is 19.6. The number of carbonyl (C=O) groups excluding carboxylic acids is 2. The van der Waals surface area contributed by atoms with Crippen molar-refractivity contribution in [3.8, 4) is 0 Å². The number of esters is 2. The number of hydrogen-bond donors (Lipinski definition) is 0. The highest BCUT2D eigenvalue weighted by Crippen LogP contribution is 2.43. The van der Waals surface area contributed by atoms with E-state index in [1.165, 1.54) is 5.57 Å². The first-order valence-corrected chi connectivity index (χ1v) is 10.0. The van der Waals surface area contributed by atoms with Crippen molar-refractivity contribution in [3.05, 3.63) is 23.3 Å². The molecule has 26 heavy (non-hydrogen) atoms. The highest BCUT2D eigenvalue weighted by molar-refractivity contribution is 6.03. The summed E-state index contributed by atoms with van der Waals surface area (Å²) in [5, 5.41) is 0. The average molecular weight is 365 g/mol. The Labute approximate surface area is 159 Å². The van der Waals surface area contributed by atoms with Gasteiger partial charge in [0.1, 0.15) is 0 Å². The molecule has 0 radical (unpaired) electrons. The van der Waals surface area contributed by atoms with Gasteiger partial charge in [0.15, 0.2) is 5.41 Å². The molecule has 4 nitrogen and oxygen atoms in total. The second-order valence-corrected chi connectivity index (χ2v) is 7.46. The Bertz CT molecular complexity index is 502. The molecule has 1 aliphatic rings. The first-order valence-electron chi connectivity index (χ1n) is 10.0. The lowest BCUT2D eigenvalue weighted by Crippen LogP contribution is -2.47. The van der Waals surface area contributed by atoms with Gasteiger partial charge in [-0.25, -0.2) is 0 Å². The van der Waals surface area contributed by atoms with Crippen LogP contribution in [0, 0.1) is 11.3 Å². The van der Waals surface area contributed by atoms with Gasteiger partial charge in [-0.05, 0) is 66.2 Å². The Morgan fingerprint density at radius 1 is 0.962 bits per heavy atom. The summed E-state index contributed by atoms with van der Waals surface area (Å²) in [7, 11) is 0. The molecule has 0 spiro atoms. The molecule has 0 aromatic rings. The van der Waals surface area contributed by atoms with Crippen LogP contribution in [0.3, 0.4) is 0 Å². The van der Waals surface area contributed by atoms with Crippen LogP contribution in [0.15, 0.2) is 23.3 Å². The molecule has 4 heteroatoms. The SMILES string of the molecule is CCOC(=O)C(C=C(C)CCC=C(C)C)(C(=O)OCC)C1CCCCC1. The maximum absolute atomic E-state index is 13.0. The maximum Gasteiger partial charge on any atom is 0.327 e. The van der Waals surface area contributed by atoms with Crippen LogP contribution in [0.4, 0.5) is 0 Å². The van der Waals surface area contributed by atoms with Crippen molar-refractivity contribution in [1.29, 1.82) is 0 Å². The zero-order valence-electron chi connectivity index (χ0n) is 17.2. The van der Waals surface area contributed by atoms with E-state index in [0.29, 0.717) is 0 Å². The molecule has 0 amide bonds. The summed E-state index contributed by atoms with van der Waals surface area (Å²) in [4.78, 5) is 26.0. The summed E-state index contributed by atoms with van der Waals surface area (Å²) < 4.78 is 10.8. The van der Waals surface area contributed by atoms with Crippen molar-refractivity contribution in [2.45, 2.75) is 79.6 Å². The van der Waals surface area contributed by atoms with Crippen LogP contribution >= 0.6 is 0 Å². The summed E-state index contributed by atoms with van der Waals surface area (Å²) in [5.41, 5.74) is 1.00. The quantitative estimate of drug-likeness (QED) is 0.313. The summed E-state index contributed by atoms with van der Waals surface area (Å²) in [5.74, 6) is -0.952. The third-order valence-corrected chi connectivity index (χ3v) is 5.04. The average Bonchev–Trinajstić information content (AvgIpc) is 2.60. The number of hydrogen-bond acceptors (Lipinski definition) is 4. The predicted octanol–water partition coefficient (Wildman–Crippen LogP) is 5.37. The maximum atomic E-state index is 13.0. The number of allylic oxidation sites excluding steroid dienone is 3. The van der Waals surface area contributed by atoms with E-state index in [9.17, 15) is 9.59 Å². The molecule has 148 valence electrons. The van der Waals surface area contributed by atoms with Crippen molar-refractivity contribution in [2.24, 2.45) is 11.3 Å². The van der Waals surface area contributed by atoms with Crippen LogP contribution in [0.5, 0.6) is 0 Å². The zero-order valence-corrected chi connectivity index (χ0v) is 17.2. The Morgan fingerprint density at radius 2 is 1.50 bits per heavy atom. The van der Waals surface area contributed by atoms with E-state index in [1.54, 1.807) is 13.8 Å². The molecule has 0 bridgehead atoms. The highest BCUT2D eigenvalue weighted by atomic mass is 16.6. The molecule has 1 saturated carbocycles. The molecule has 0 aromatic heterocycles. The second kappa shape index (κ2) is 11.2. The molecular weight excluding hydrogens is 328 g/mol. The van der Waals surface area contributed by atoms with Gasteiger partial charge in [0.2, 0.25) is 0 Å². The fourth-order valence-corrected chi connectivity index (χ4v) is 3.76. The summed E-state index contributed by atoms with van der Waals surface area (Å²) in [6, 6.07) is 0. The Balaban J connectivity index is 3.27. The highest BCUT2D eigenvalue weighted by Gasteiger charge is 2.53. The normalized spacial score (nSPS) is 16.1. The van der Waals surface area contributed by atoms with Crippen molar-refractivity contribution in [2.75, 3.05) is 13.2 Å². The van der Waals surface area contributed by atoms with Crippen LogP contribution in [0.25, 0.3) is 0 Å². The van der Waals surface area contributed by atoms with Gasteiger partial charge in [-0.1, -0.05) is 42.6 Å². The first-order chi connectivity index (χ1) is 12.4. The molecule has 1 aliphatic carbocycles. The van der Waals surface area contributed by atoms with Gasteiger partial charge < -0.3 is 9.47 Å². The van der Waals surface area contributed by atoms with Crippen LogP contribution < -0.4 is 0 Å². The fourth-order valence-electron chi connectivity index (χ4n) is 3.76. The second-order valence-electron chi connectivity index (χ2n) is 7.46. The van der Waals surface area contributed by atoms with Crippen molar-refractivity contribution in [3.63, 3.8) is 0 Å². The summed E-state index contributed by atoms with van der Waals surface area (Å²) in [6.07, 6.45) is 10.7. The van der Waals surface area contributed by atoms with E-state index in [4.69, 9.17) is 9.47 Å². The van der Waals surface area contributed by atoms with E-state index in [1.807, 2.05) is 13.0 Å². The Kier molecular flexibility index (Phi) is 9.68. The van der Waals surface area contributed by atoms with E-state index in [-0.39, 0.29) is 19.1 Å². The minimum absolute atomic E-state index is 0.0484. The monoisotopic (exact) mass is 364 g/mol. The number of ether oxygens (including phenoxy) is 2. The first kappa shape index (κ1) is 22.5. The van der Waals surface area contributed by atoms with Gasteiger partial charge in [0.25, 0.3) is 0 Å². The Hall–Kier alpha value is -1.58. The van der Waals surface area contributed by atoms with E-state index in [2.05, 4.69) is 19.9 Å². The van der Waals surface area contributed by atoms with Crippen molar-refractivity contribution in [1.82, 2.24) is 0 Å². The molecule has 0 aliphatic heterocycles. The molecule has 0 heterocycles. The smallest absolute Gasteiger partial charge is 0.327 e. The summed E-state index contributed by atoms with van der Waals surface area (Å²) in [6.45, 7) is 10.2. The lowest BCUT2D eigenvalue weighted by molar-refractivity contribution is -0.173. The van der Waals surface area contributed by atoms with Gasteiger partial charge in [-0.15, -0.1) is 0 Å². The van der Waals surface area contributed by atoms with Crippen LogP contribution in [-0.4, -0.2) is 25.2 Å². The standard InChI is InChI=1S/C22H36O4/c1-6-25-20(23)22(21(24)26-7-2,19-14-9-8-10-15-19)16-18(5)13-11-12-17(3)4/h12,16,19H,6-11,13-15H2,1-5H3. The molecule has 1 rings (SSSR count). The third kappa shape index (κ3) is 6.00. The van der Waals surface area contributed by atoms with Gasteiger partial charge in [-0.2, -0.15) is 0 Å². The van der Waals surface area contributed by atoms with Gasteiger partial charge in [-0.3, -0.25) is 9.59 Å². The van der Waals surface area contributed by atoms with Crippen molar-refractivity contribution >= 4 is 11.9 Å². The topological polar surface area (TPSA) is 52.6 Å². The lowest BCUT2D eigenvalue weighted by Gasteiger charge is -2.36. The summed E-state index contributed by atoms with van der Waals surface area (Å²) >= 11 is 0. The third-order valence-electron chi connectivity index (χ3n) is 5.04. The molecule has 0 unspecified atom stereocenters. The molecule has 0 aromatic carbocycles. The van der Waals surface area contributed by atoms with Crippen LogP contribution in [-0.2, 0) is 19.1 Å².